The van der Waals surface area contributed by atoms with E-state index in [1.54, 1.807) is 6.07 Å². The highest BCUT2D eigenvalue weighted by molar-refractivity contribution is 5.92. The third-order valence-corrected chi connectivity index (χ3v) is 4.03. The van der Waals surface area contributed by atoms with E-state index in [2.05, 4.69) is 46.1 Å². The molecule has 6 nitrogen and oxygen atoms in total. The summed E-state index contributed by atoms with van der Waals surface area (Å²) >= 11 is 0. The summed E-state index contributed by atoms with van der Waals surface area (Å²) < 4.78 is 0. The number of piperazine rings is 1. The van der Waals surface area contributed by atoms with Crippen molar-refractivity contribution in [2.45, 2.75) is 27.2 Å². The Labute approximate surface area is 132 Å². The molecule has 1 aliphatic rings. The average Bonchev–Trinajstić information content (AvgIpc) is 2.54. The van der Waals surface area contributed by atoms with E-state index >= 15 is 0 Å². The summed E-state index contributed by atoms with van der Waals surface area (Å²) in [4.78, 5) is 16.6. The first-order valence-corrected chi connectivity index (χ1v) is 8.19. The summed E-state index contributed by atoms with van der Waals surface area (Å²) in [6.45, 7) is 12.3. The van der Waals surface area contributed by atoms with Gasteiger partial charge in [-0.2, -0.15) is 0 Å². The van der Waals surface area contributed by atoms with Gasteiger partial charge in [0.1, 0.15) is 0 Å². The van der Waals surface area contributed by atoms with E-state index in [1.807, 2.05) is 6.07 Å². The van der Waals surface area contributed by atoms with Gasteiger partial charge in [-0.1, -0.05) is 20.8 Å². The van der Waals surface area contributed by atoms with Crippen molar-refractivity contribution in [2.24, 2.45) is 5.92 Å². The summed E-state index contributed by atoms with van der Waals surface area (Å²) in [6, 6.07) is 3.66. The number of amides is 1. The van der Waals surface area contributed by atoms with Crippen molar-refractivity contribution >= 4 is 11.7 Å². The SMILES string of the molecule is CCN1CCN(c2ccc(C(=O)NCCC(C)C)nn2)CC1. The van der Waals surface area contributed by atoms with Crippen molar-refractivity contribution in [1.29, 1.82) is 0 Å². The number of aromatic nitrogens is 2. The van der Waals surface area contributed by atoms with Crippen LogP contribution in [0.2, 0.25) is 0 Å². The number of anilines is 1. The molecule has 0 spiro atoms. The van der Waals surface area contributed by atoms with Crippen molar-refractivity contribution in [3.63, 3.8) is 0 Å². The molecule has 1 N–H and O–H groups in total. The van der Waals surface area contributed by atoms with Crippen LogP contribution in [0.5, 0.6) is 0 Å². The Kier molecular flexibility index (Phi) is 6.12. The van der Waals surface area contributed by atoms with Crippen LogP contribution in [0, 0.1) is 5.92 Å². The second-order valence-electron chi connectivity index (χ2n) is 6.14. The topological polar surface area (TPSA) is 61.4 Å². The fraction of sp³-hybridized carbons (Fsp3) is 0.688. The van der Waals surface area contributed by atoms with Crippen LogP contribution in [0.4, 0.5) is 5.82 Å². The summed E-state index contributed by atoms with van der Waals surface area (Å²) in [5, 5.41) is 11.2. The third-order valence-electron chi connectivity index (χ3n) is 4.03. The second-order valence-corrected chi connectivity index (χ2v) is 6.14. The summed E-state index contributed by atoms with van der Waals surface area (Å²) in [5.41, 5.74) is 0.389. The summed E-state index contributed by atoms with van der Waals surface area (Å²) in [7, 11) is 0. The number of rotatable bonds is 6. The predicted molar refractivity (Wildman–Crippen MR) is 88.1 cm³/mol. The second kappa shape index (κ2) is 8.08. The number of hydrogen-bond acceptors (Lipinski definition) is 5. The van der Waals surface area contributed by atoms with Gasteiger partial charge in [0.25, 0.3) is 5.91 Å². The molecule has 6 heteroatoms. The number of nitrogens with zero attached hydrogens (tertiary/aromatic N) is 4. The zero-order chi connectivity index (χ0) is 15.9. The molecule has 0 bridgehead atoms. The van der Waals surface area contributed by atoms with Gasteiger partial charge in [0.05, 0.1) is 0 Å². The van der Waals surface area contributed by atoms with Gasteiger partial charge in [-0.05, 0) is 31.0 Å². The minimum atomic E-state index is -0.143. The Morgan fingerprint density at radius 2 is 1.95 bits per heavy atom. The van der Waals surface area contributed by atoms with Gasteiger partial charge < -0.3 is 15.1 Å². The van der Waals surface area contributed by atoms with E-state index in [0.717, 1.165) is 45.0 Å². The highest BCUT2D eigenvalue weighted by atomic mass is 16.1. The molecule has 2 heterocycles. The fourth-order valence-corrected chi connectivity index (χ4v) is 2.47. The van der Waals surface area contributed by atoms with Gasteiger partial charge in [0.15, 0.2) is 11.5 Å². The van der Waals surface area contributed by atoms with Crippen molar-refractivity contribution in [3.8, 4) is 0 Å². The number of hydrogen-bond donors (Lipinski definition) is 1. The Bertz CT molecular complexity index is 466. The van der Waals surface area contributed by atoms with Crippen LogP contribution >= 0.6 is 0 Å². The van der Waals surface area contributed by atoms with Crippen molar-refractivity contribution < 1.29 is 4.79 Å². The molecule has 1 amide bonds. The zero-order valence-electron chi connectivity index (χ0n) is 13.9. The largest absolute Gasteiger partial charge is 0.353 e. The first kappa shape index (κ1) is 16.7. The maximum absolute atomic E-state index is 12.0. The van der Waals surface area contributed by atoms with Crippen molar-refractivity contribution in [1.82, 2.24) is 20.4 Å². The van der Waals surface area contributed by atoms with E-state index in [4.69, 9.17) is 0 Å². The molecule has 1 aromatic rings. The van der Waals surface area contributed by atoms with Gasteiger partial charge >= 0.3 is 0 Å². The van der Waals surface area contributed by atoms with Crippen LogP contribution < -0.4 is 10.2 Å². The molecule has 0 aliphatic carbocycles. The smallest absolute Gasteiger partial charge is 0.271 e. The Morgan fingerprint density at radius 1 is 1.23 bits per heavy atom. The molecule has 2 rings (SSSR count). The van der Waals surface area contributed by atoms with Crippen LogP contribution in [-0.4, -0.2) is 60.3 Å². The lowest BCUT2D eigenvalue weighted by Gasteiger charge is -2.34. The minimum absolute atomic E-state index is 0.143. The molecule has 0 saturated carbocycles. The lowest BCUT2D eigenvalue weighted by atomic mass is 10.1. The molecule has 1 aliphatic heterocycles. The molecule has 1 aromatic heterocycles. The first-order valence-electron chi connectivity index (χ1n) is 8.19. The van der Waals surface area contributed by atoms with Crippen LogP contribution in [0.15, 0.2) is 12.1 Å². The monoisotopic (exact) mass is 305 g/mol. The van der Waals surface area contributed by atoms with E-state index in [0.29, 0.717) is 18.2 Å². The molecule has 1 saturated heterocycles. The van der Waals surface area contributed by atoms with Crippen LogP contribution in [-0.2, 0) is 0 Å². The van der Waals surface area contributed by atoms with Crippen molar-refractivity contribution in [2.75, 3.05) is 44.2 Å². The lowest BCUT2D eigenvalue weighted by Crippen LogP contribution is -2.46. The van der Waals surface area contributed by atoms with Gasteiger partial charge in [-0.3, -0.25) is 4.79 Å². The van der Waals surface area contributed by atoms with Gasteiger partial charge in [0, 0.05) is 32.7 Å². The molecular weight excluding hydrogens is 278 g/mol. The van der Waals surface area contributed by atoms with E-state index < -0.39 is 0 Å². The standard InChI is InChI=1S/C16H27N5O/c1-4-20-9-11-21(12-10-20)15-6-5-14(18-19-15)16(22)17-8-7-13(2)3/h5-6,13H,4,7-12H2,1-3H3,(H,17,22). The molecule has 1 fully saturated rings. The molecule has 122 valence electrons. The zero-order valence-corrected chi connectivity index (χ0v) is 13.9. The van der Waals surface area contributed by atoms with E-state index in [-0.39, 0.29) is 5.91 Å². The molecule has 0 aromatic carbocycles. The van der Waals surface area contributed by atoms with Gasteiger partial charge in [-0.25, -0.2) is 0 Å². The Balaban J connectivity index is 1.86. The fourth-order valence-electron chi connectivity index (χ4n) is 2.47. The van der Waals surface area contributed by atoms with E-state index in [1.165, 1.54) is 0 Å². The Hall–Kier alpha value is -1.69. The van der Waals surface area contributed by atoms with Gasteiger partial charge in [0.2, 0.25) is 0 Å². The normalized spacial score (nSPS) is 16.1. The van der Waals surface area contributed by atoms with Crippen LogP contribution in [0.1, 0.15) is 37.7 Å². The highest BCUT2D eigenvalue weighted by Crippen LogP contribution is 2.12. The summed E-state index contributed by atoms with van der Waals surface area (Å²) in [5.74, 6) is 1.29. The lowest BCUT2D eigenvalue weighted by molar-refractivity contribution is 0.0946. The average molecular weight is 305 g/mol. The first-order chi connectivity index (χ1) is 10.6. The highest BCUT2D eigenvalue weighted by Gasteiger charge is 2.17. The molecule has 0 unspecified atom stereocenters. The van der Waals surface area contributed by atoms with Crippen molar-refractivity contribution in [3.05, 3.63) is 17.8 Å². The molecule has 0 radical (unpaired) electrons. The Morgan fingerprint density at radius 3 is 2.50 bits per heavy atom. The number of likely N-dealkylation sites (N-methyl/N-ethyl adjacent to an activating group) is 1. The number of carbonyl (C=O) groups excluding carboxylic acids is 1. The predicted octanol–water partition coefficient (Wildman–Crippen LogP) is 1.39. The van der Waals surface area contributed by atoms with Gasteiger partial charge in [-0.15, -0.1) is 10.2 Å². The maximum atomic E-state index is 12.0. The molecule has 0 atom stereocenters. The number of nitrogens with one attached hydrogen (secondary N) is 1. The van der Waals surface area contributed by atoms with Crippen LogP contribution in [0.25, 0.3) is 0 Å². The summed E-state index contributed by atoms with van der Waals surface area (Å²) in [6.07, 6.45) is 0.971. The number of carbonyl (C=O) groups is 1. The third kappa shape index (κ3) is 4.66. The van der Waals surface area contributed by atoms with E-state index in [9.17, 15) is 4.79 Å². The quantitative estimate of drug-likeness (QED) is 0.861. The molecule has 22 heavy (non-hydrogen) atoms. The molecular formula is C16H27N5O. The minimum Gasteiger partial charge on any atom is -0.353 e. The van der Waals surface area contributed by atoms with Crippen LogP contribution in [0.3, 0.4) is 0 Å². The maximum Gasteiger partial charge on any atom is 0.271 e.